The maximum absolute atomic E-state index is 6.50. The molecule has 39 heavy (non-hydrogen) atoms. The summed E-state index contributed by atoms with van der Waals surface area (Å²) in [7, 11) is 6.50. The average molecular weight is 497 g/mol. The van der Waals surface area contributed by atoms with Gasteiger partial charge in [0.15, 0.2) is 0 Å². The van der Waals surface area contributed by atoms with Gasteiger partial charge in [-0.05, 0) is 86.6 Å². The first kappa shape index (κ1) is 23.6. The van der Waals surface area contributed by atoms with E-state index < -0.39 is 0 Å². The zero-order valence-corrected chi connectivity index (χ0v) is 22.2. The van der Waals surface area contributed by atoms with Gasteiger partial charge in [0, 0.05) is 22.5 Å². The molecule has 0 spiro atoms. The largest absolute Gasteiger partial charge is 0.310 e. The van der Waals surface area contributed by atoms with Crippen molar-refractivity contribution >= 4 is 41.1 Å². The van der Waals surface area contributed by atoms with Crippen LogP contribution in [-0.4, -0.2) is 7.85 Å². The van der Waals surface area contributed by atoms with Crippen molar-refractivity contribution in [3.05, 3.63) is 145 Å². The van der Waals surface area contributed by atoms with E-state index in [1.54, 1.807) is 0 Å². The van der Waals surface area contributed by atoms with E-state index >= 15 is 0 Å². The highest BCUT2D eigenvalue weighted by atomic mass is 15.1. The Labute approximate surface area is 231 Å². The molecule has 0 saturated heterocycles. The van der Waals surface area contributed by atoms with E-state index in [-0.39, 0.29) is 5.41 Å². The van der Waals surface area contributed by atoms with Crippen LogP contribution in [0.4, 0.5) is 17.1 Å². The summed E-state index contributed by atoms with van der Waals surface area (Å²) in [6.45, 7) is 4.66. The molecular formula is C37H28BN. The van der Waals surface area contributed by atoms with Gasteiger partial charge in [0.25, 0.3) is 0 Å². The molecule has 0 bridgehead atoms. The van der Waals surface area contributed by atoms with Gasteiger partial charge in [-0.15, -0.1) is 0 Å². The molecule has 1 aliphatic rings. The molecule has 184 valence electrons. The summed E-state index contributed by atoms with van der Waals surface area (Å²) in [5.74, 6) is 0. The Hall–Kier alpha value is -4.56. The lowest BCUT2D eigenvalue weighted by Gasteiger charge is -2.28. The van der Waals surface area contributed by atoms with Crippen LogP contribution in [0.25, 0.3) is 33.0 Å². The van der Waals surface area contributed by atoms with Crippen LogP contribution in [0, 0.1) is 0 Å². The summed E-state index contributed by atoms with van der Waals surface area (Å²) in [6, 6.07) is 47.7. The fourth-order valence-corrected chi connectivity index (χ4v) is 6.15. The summed E-state index contributed by atoms with van der Waals surface area (Å²) in [6.07, 6.45) is 0. The van der Waals surface area contributed by atoms with Crippen molar-refractivity contribution in [2.45, 2.75) is 19.3 Å². The third-order valence-corrected chi connectivity index (χ3v) is 8.19. The summed E-state index contributed by atoms with van der Waals surface area (Å²) < 4.78 is 0. The van der Waals surface area contributed by atoms with Crippen molar-refractivity contribution in [1.29, 1.82) is 0 Å². The van der Waals surface area contributed by atoms with Crippen molar-refractivity contribution in [3.8, 4) is 22.3 Å². The lowest BCUT2D eigenvalue weighted by atomic mass is 9.82. The monoisotopic (exact) mass is 497 g/mol. The Kier molecular flexibility index (Phi) is 5.45. The van der Waals surface area contributed by atoms with Crippen LogP contribution in [0.5, 0.6) is 0 Å². The summed E-state index contributed by atoms with van der Waals surface area (Å²) in [5.41, 5.74) is 11.7. The Balaban J connectivity index is 1.33. The number of hydrogen-bond donors (Lipinski definition) is 0. The van der Waals surface area contributed by atoms with Gasteiger partial charge in [-0.25, -0.2) is 0 Å². The van der Waals surface area contributed by atoms with Crippen LogP contribution in [0.1, 0.15) is 25.0 Å². The van der Waals surface area contributed by atoms with Gasteiger partial charge in [0.2, 0.25) is 0 Å². The van der Waals surface area contributed by atoms with Crippen molar-refractivity contribution < 1.29 is 0 Å². The SMILES string of the molecule is [B]c1cc2ccccc2cc1-c1ccc(N(c2ccccc2)c2ccc3c(c2)C(C)(C)c2ccccc2-3)cc1. The fourth-order valence-electron chi connectivity index (χ4n) is 6.15. The second-order valence-electron chi connectivity index (χ2n) is 10.9. The minimum atomic E-state index is -0.0538. The zero-order valence-electron chi connectivity index (χ0n) is 22.2. The first-order valence-electron chi connectivity index (χ1n) is 13.5. The Bertz CT molecular complexity index is 1830. The normalized spacial score (nSPS) is 13.2. The standard InChI is InChI=1S/C37H28BN/c1-37(2)34-15-9-8-14-31(34)32-21-20-30(24-35(32)37)39(28-12-4-3-5-13-28)29-18-16-25(17-19-29)33-22-26-10-6-7-11-27(26)23-36(33)38/h3-24H,1-2H3. The van der Waals surface area contributed by atoms with Gasteiger partial charge in [0.05, 0.1) is 0 Å². The molecule has 0 aromatic heterocycles. The van der Waals surface area contributed by atoms with Crippen molar-refractivity contribution in [3.63, 3.8) is 0 Å². The predicted octanol–water partition coefficient (Wildman–Crippen LogP) is 9.08. The molecule has 0 heterocycles. The molecule has 1 nitrogen and oxygen atoms in total. The highest BCUT2D eigenvalue weighted by molar-refractivity contribution is 6.37. The van der Waals surface area contributed by atoms with E-state index in [1.807, 2.05) is 6.07 Å². The first-order valence-corrected chi connectivity index (χ1v) is 13.5. The van der Waals surface area contributed by atoms with Gasteiger partial charge in [-0.2, -0.15) is 0 Å². The molecule has 0 unspecified atom stereocenters. The molecule has 0 atom stereocenters. The van der Waals surface area contributed by atoms with Crippen LogP contribution in [0.2, 0.25) is 0 Å². The van der Waals surface area contributed by atoms with Gasteiger partial charge in [0.1, 0.15) is 7.85 Å². The molecule has 0 fully saturated rings. The van der Waals surface area contributed by atoms with E-state index in [4.69, 9.17) is 7.85 Å². The molecule has 7 rings (SSSR count). The molecule has 0 N–H and O–H groups in total. The van der Waals surface area contributed by atoms with Gasteiger partial charge in [-0.1, -0.05) is 110 Å². The second kappa shape index (κ2) is 9.03. The molecule has 6 aromatic rings. The molecule has 1 aliphatic carbocycles. The van der Waals surface area contributed by atoms with E-state index in [1.165, 1.54) is 27.6 Å². The molecule has 0 aliphatic heterocycles. The molecular weight excluding hydrogens is 469 g/mol. The van der Waals surface area contributed by atoms with E-state index in [2.05, 4.69) is 146 Å². The van der Waals surface area contributed by atoms with Crippen LogP contribution < -0.4 is 10.4 Å². The van der Waals surface area contributed by atoms with Gasteiger partial charge in [-0.3, -0.25) is 0 Å². The number of nitrogens with zero attached hydrogens (tertiary/aromatic N) is 1. The van der Waals surface area contributed by atoms with Crippen molar-refractivity contribution in [2.24, 2.45) is 0 Å². The van der Waals surface area contributed by atoms with Crippen molar-refractivity contribution in [2.75, 3.05) is 4.90 Å². The number of fused-ring (bicyclic) bond motifs is 4. The van der Waals surface area contributed by atoms with Crippen molar-refractivity contribution in [1.82, 2.24) is 0 Å². The van der Waals surface area contributed by atoms with Crippen LogP contribution in [-0.2, 0) is 5.41 Å². The molecule has 2 heteroatoms. The Morgan fingerprint density at radius 2 is 1.08 bits per heavy atom. The summed E-state index contributed by atoms with van der Waals surface area (Å²) in [5, 5.41) is 2.35. The summed E-state index contributed by atoms with van der Waals surface area (Å²) >= 11 is 0. The number of para-hydroxylation sites is 1. The van der Waals surface area contributed by atoms with Crippen LogP contribution in [0.3, 0.4) is 0 Å². The highest BCUT2D eigenvalue weighted by Crippen LogP contribution is 2.50. The molecule has 0 saturated carbocycles. The van der Waals surface area contributed by atoms with E-state index in [0.29, 0.717) is 0 Å². The second-order valence-corrected chi connectivity index (χ2v) is 10.9. The lowest BCUT2D eigenvalue weighted by Crippen LogP contribution is -2.16. The van der Waals surface area contributed by atoms with Gasteiger partial charge >= 0.3 is 0 Å². The highest BCUT2D eigenvalue weighted by Gasteiger charge is 2.35. The Morgan fingerprint density at radius 1 is 0.487 bits per heavy atom. The number of anilines is 3. The quantitative estimate of drug-likeness (QED) is 0.220. The van der Waals surface area contributed by atoms with E-state index in [0.717, 1.165) is 39.0 Å². The number of rotatable bonds is 4. The minimum absolute atomic E-state index is 0.0538. The minimum Gasteiger partial charge on any atom is -0.310 e. The maximum Gasteiger partial charge on any atom is 0.114 e. The predicted molar refractivity (Wildman–Crippen MR) is 167 cm³/mol. The lowest BCUT2D eigenvalue weighted by molar-refractivity contribution is 0.660. The molecule has 0 amide bonds. The third-order valence-electron chi connectivity index (χ3n) is 8.19. The van der Waals surface area contributed by atoms with E-state index in [9.17, 15) is 0 Å². The van der Waals surface area contributed by atoms with Crippen LogP contribution >= 0.6 is 0 Å². The maximum atomic E-state index is 6.50. The topological polar surface area (TPSA) is 3.24 Å². The van der Waals surface area contributed by atoms with Gasteiger partial charge < -0.3 is 4.90 Å². The average Bonchev–Trinajstić information content (AvgIpc) is 3.20. The molecule has 2 radical (unpaired) electrons. The van der Waals surface area contributed by atoms with Crippen LogP contribution in [0.15, 0.2) is 133 Å². The first-order chi connectivity index (χ1) is 19.0. The Morgan fingerprint density at radius 3 is 1.85 bits per heavy atom. The number of hydrogen-bond acceptors (Lipinski definition) is 1. The third kappa shape index (κ3) is 3.87. The fraction of sp³-hybridized carbons (Fsp3) is 0.0811. The molecule has 6 aromatic carbocycles. The zero-order chi connectivity index (χ0) is 26.6. The smallest absolute Gasteiger partial charge is 0.114 e. The summed E-state index contributed by atoms with van der Waals surface area (Å²) in [4.78, 5) is 2.34. The number of benzene rings is 6.